The topological polar surface area (TPSA) is 61.7 Å². The van der Waals surface area contributed by atoms with Crippen LogP contribution in [0.5, 0.6) is 0 Å². The summed E-state index contributed by atoms with van der Waals surface area (Å²) >= 11 is 7.97. The second-order valence-corrected chi connectivity index (χ2v) is 8.55. The van der Waals surface area contributed by atoms with Crippen LogP contribution in [0.3, 0.4) is 0 Å². The minimum absolute atomic E-state index is 0.310. The van der Waals surface area contributed by atoms with E-state index in [-0.39, 0.29) is 0 Å². The Bertz CT molecular complexity index is 742. The molecule has 2 aromatic rings. The van der Waals surface area contributed by atoms with Gasteiger partial charge in [-0.1, -0.05) is 0 Å². The van der Waals surface area contributed by atoms with Gasteiger partial charge in [-0.25, -0.2) is 4.98 Å². The van der Waals surface area contributed by atoms with Crippen LogP contribution >= 0.6 is 22.9 Å². The van der Waals surface area contributed by atoms with Gasteiger partial charge in [0.25, 0.3) is 0 Å². The molecule has 6 nitrogen and oxygen atoms in total. The van der Waals surface area contributed by atoms with E-state index in [1.807, 2.05) is 0 Å². The number of fused-ring (bicyclic) bond motifs is 1. The highest BCUT2D eigenvalue weighted by atomic mass is 35.5. The number of hydrogen-bond donors (Lipinski definition) is 1. The van der Waals surface area contributed by atoms with Gasteiger partial charge >= 0.3 is 0 Å². The Morgan fingerprint density at radius 1 is 1.19 bits per heavy atom. The lowest BCUT2D eigenvalue weighted by atomic mass is 9.94. The van der Waals surface area contributed by atoms with Crippen LogP contribution in [-0.2, 0) is 11.3 Å². The Labute approximate surface area is 162 Å². The van der Waals surface area contributed by atoms with Gasteiger partial charge in [0.05, 0.1) is 23.4 Å². The molecule has 0 spiro atoms. The van der Waals surface area contributed by atoms with Crippen molar-refractivity contribution in [2.24, 2.45) is 5.92 Å². The summed E-state index contributed by atoms with van der Waals surface area (Å²) < 4.78 is 6.58. The van der Waals surface area contributed by atoms with E-state index in [2.05, 4.69) is 25.8 Å². The second kappa shape index (κ2) is 8.35. The molecule has 4 heterocycles. The van der Waals surface area contributed by atoms with Crippen molar-refractivity contribution in [3.05, 3.63) is 16.2 Å². The highest BCUT2D eigenvalue weighted by Gasteiger charge is 2.22. The quantitative estimate of drug-likeness (QED) is 0.784. The zero-order chi connectivity index (χ0) is 17.9. The zero-order valence-corrected chi connectivity index (χ0v) is 16.4. The molecule has 2 aliphatic rings. The van der Waals surface area contributed by atoms with Crippen LogP contribution in [0.4, 0.5) is 5.82 Å². The summed E-state index contributed by atoms with van der Waals surface area (Å²) in [6.07, 6.45) is 3.29. The molecule has 0 aromatic carbocycles. The van der Waals surface area contributed by atoms with Gasteiger partial charge in [-0.05, 0) is 55.9 Å². The number of morpholine rings is 1. The monoisotopic (exact) mass is 396 g/mol. The number of ether oxygens (including phenoxy) is 1. The van der Waals surface area contributed by atoms with Crippen molar-refractivity contribution in [1.29, 1.82) is 0 Å². The molecule has 1 N–H and O–H groups in total. The van der Waals surface area contributed by atoms with Crippen LogP contribution in [0.1, 0.15) is 24.1 Å². The van der Waals surface area contributed by atoms with E-state index in [4.69, 9.17) is 21.4 Å². The molecule has 0 bridgehead atoms. The van der Waals surface area contributed by atoms with E-state index in [1.165, 1.54) is 17.7 Å². The zero-order valence-electron chi connectivity index (χ0n) is 14.9. The number of aliphatic hydroxyl groups excluding tert-OH is 1. The van der Waals surface area contributed by atoms with Crippen molar-refractivity contribution < 1.29 is 9.84 Å². The number of nitrogens with zero attached hydrogens (tertiary/aromatic N) is 4. The van der Waals surface area contributed by atoms with Crippen LogP contribution in [0.25, 0.3) is 10.2 Å². The van der Waals surface area contributed by atoms with Crippen LogP contribution in [0.15, 0.2) is 6.07 Å². The lowest BCUT2D eigenvalue weighted by Gasteiger charge is -2.31. The third-order valence-corrected chi connectivity index (χ3v) is 6.59. The van der Waals surface area contributed by atoms with Crippen LogP contribution in [-0.4, -0.2) is 66.0 Å². The van der Waals surface area contributed by atoms with Crippen molar-refractivity contribution in [3.63, 3.8) is 0 Å². The molecule has 4 rings (SSSR count). The number of rotatable bonds is 5. The fraction of sp³-hybridized carbons (Fsp3) is 0.667. The number of piperidine rings is 1. The lowest BCUT2D eigenvalue weighted by Crippen LogP contribution is -2.36. The maximum atomic E-state index is 9.11. The summed E-state index contributed by atoms with van der Waals surface area (Å²) in [5.74, 6) is 1.62. The van der Waals surface area contributed by atoms with Crippen LogP contribution < -0.4 is 4.90 Å². The molecule has 0 unspecified atom stereocenters. The predicted octanol–water partition coefficient (Wildman–Crippen LogP) is 2.78. The third-order valence-electron chi connectivity index (χ3n) is 5.31. The summed E-state index contributed by atoms with van der Waals surface area (Å²) in [4.78, 5) is 15.0. The van der Waals surface area contributed by atoms with Gasteiger partial charge in [-0.2, -0.15) is 4.98 Å². The van der Waals surface area contributed by atoms with E-state index in [0.29, 0.717) is 17.8 Å². The smallest absolute Gasteiger partial charge is 0.224 e. The number of anilines is 1. The summed E-state index contributed by atoms with van der Waals surface area (Å²) in [7, 11) is 0. The number of likely N-dealkylation sites (tertiary alicyclic amines) is 1. The fourth-order valence-electron chi connectivity index (χ4n) is 3.84. The Morgan fingerprint density at radius 3 is 2.69 bits per heavy atom. The standard InChI is InChI=1S/C18H25ClN4O2S/c19-18-20-15-11-14(12-22-4-1-13(2-5-22)3-8-24)26-16(15)17(21-18)23-6-9-25-10-7-23/h11,13,24H,1-10,12H2. The van der Waals surface area contributed by atoms with Crippen LogP contribution in [0, 0.1) is 5.92 Å². The highest BCUT2D eigenvalue weighted by Crippen LogP contribution is 2.34. The maximum Gasteiger partial charge on any atom is 0.224 e. The number of thiophene rings is 1. The molecule has 2 saturated heterocycles. The fourth-order valence-corrected chi connectivity index (χ4v) is 5.17. The molecule has 0 amide bonds. The Balaban J connectivity index is 1.50. The van der Waals surface area contributed by atoms with E-state index in [9.17, 15) is 0 Å². The molecule has 0 radical (unpaired) electrons. The van der Waals surface area contributed by atoms with Gasteiger partial charge in [-0.3, -0.25) is 4.90 Å². The molecule has 0 saturated carbocycles. The summed E-state index contributed by atoms with van der Waals surface area (Å²) in [5.41, 5.74) is 0.946. The van der Waals surface area contributed by atoms with Gasteiger partial charge in [0.1, 0.15) is 0 Å². The highest BCUT2D eigenvalue weighted by molar-refractivity contribution is 7.19. The molecular formula is C18H25ClN4O2S. The summed E-state index contributed by atoms with van der Waals surface area (Å²) in [6, 6.07) is 2.16. The Hall–Kier alpha value is -0.990. The molecule has 2 aromatic heterocycles. The maximum absolute atomic E-state index is 9.11. The van der Waals surface area contributed by atoms with E-state index in [0.717, 1.165) is 68.4 Å². The van der Waals surface area contributed by atoms with Crippen molar-refractivity contribution in [1.82, 2.24) is 14.9 Å². The SMILES string of the molecule is OCCC1CCN(Cc2cc3nc(Cl)nc(N4CCOCC4)c3s2)CC1. The van der Waals surface area contributed by atoms with Crippen molar-refractivity contribution in [3.8, 4) is 0 Å². The molecule has 0 aliphatic carbocycles. The summed E-state index contributed by atoms with van der Waals surface area (Å²) in [6.45, 7) is 6.59. The molecule has 2 aliphatic heterocycles. The first-order chi connectivity index (χ1) is 12.7. The number of aliphatic hydroxyl groups is 1. The van der Waals surface area contributed by atoms with E-state index >= 15 is 0 Å². The van der Waals surface area contributed by atoms with Gasteiger partial charge < -0.3 is 14.7 Å². The number of hydrogen-bond acceptors (Lipinski definition) is 7. The predicted molar refractivity (Wildman–Crippen MR) is 105 cm³/mol. The van der Waals surface area contributed by atoms with Crippen LogP contribution in [0.2, 0.25) is 5.28 Å². The van der Waals surface area contributed by atoms with Gasteiger partial charge in [0, 0.05) is 31.1 Å². The molecule has 0 atom stereocenters. The van der Waals surface area contributed by atoms with Crippen molar-refractivity contribution in [2.45, 2.75) is 25.8 Å². The van der Waals surface area contributed by atoms with Gasteiger partial charge in [-0.15, -0.1) is 11.3 Å². The Morgan fingerprint density at radius 2 is 1.96 bits per heavy atom. The molecular weight excluding hydrogens is 372 g/mol. The first-order valence-electron chi connectivity index (χ1n) is 9.35. The normalized spacial score (nSPS) is 20.2. The van der Waals surface area contributed by atoms with Crippen molar-refractivity contribution in [2.75, 3.05) is 50.9 Å². The second-order valence-electron chi connectivity index (χ2n) is 7.07. The molecule has 2 fully saturated rings. The average molecular weight is 397 g/mol. The van der Waals surface area contributed by atoms with E-state index in [1.54, 1.807) is 11.3 Å². The lowest BCUT2D eigenvalue weighted by molar-refractivity contribution is 0.122. The largest absolute Gasteiger partial charge is 0.396 e. The molecule has 142 valence electrons. The number of halogens is 1. The first kappa shape index (κ1) is 18.4. The molecule has 26 heavy (non-hydrogen) atoms. The van der Waals surface area contributed by atoms with Gasteiger partial charge in [0.15, 0.2) is 5.82 Å². The number of aromatic nitrogens is 2. The first-order valence-corrected chi connectivity index (χ1v) is 10.5. The average Bonchev–Trinajstić information content (AvgIpc) is 3.05. The summed E-state index contributed by atoms with van der Waals surface area (Å²) in [5, 5.41) is 9.42. The minimum atomic E-state index is 0.310. The van der Waals surface area contributed by atoms with Crippen molar-refractivity contribution >= 4 is 39.0 Å². The van der Waals surface area contributed by atoms with Gasteiger partial charge in [0.2, 0.25) is 5.28 Å². The molecule has 8 heteroatoms. The Kier molecular flexibility index (Phi) is 5.90. The van der Waals surface area contributed by atoms with E-state index < -0.39 is 0 Å². The third kappa shape index (κ3) is 4.12. The minimum Gasteiger partial charge on any atom is -0.396 e.